The summed E-state index contributed by atoms with van der Waals surface area (Å²) in [6.45, 7) is 2.54. The van der Waals surface area contributed by atoms with E-state index < -0.39 is 0 Å². The van der Waals surface area contributed by atoms with Gasteiger partial charge in [-0.2, -0.15) is 5.10 Å². The third kappa shape index (κ3) is 2.91. The molecule has 0 saturated carbocycles. The Labute approximate surface area is 123 Å². The molecule has 0 radical (unpaired) electrons. The molecule has 0 atom stereocenters. The highest BCUT2D eigenvalue weighted by Crippen LogP contribution is 2.19. The van der Waals surface area contributed by atoms with Crippen molar-refractivity contribution in [3.05, 3.63) is 60.2 Å². The number of ether oxygens (including phenoxy) is 1. The van der Waals surface area contributed by atoms with Crippen LogP contribution in [-0.2, 0) is 6.54 Å². The van der Waals surface area contributed by atoms with E-state index in [2.05, 4.69) is 21.1 Å². The molecule has 0 aliphatic carbocycles. The van der Waals surface area contributed by atoms with Crippen molar-refractivity contribution in [1.29, 1.82) is 0 Å². The van der Waals surface area contributed by atoms with Crippen LogP contribution in [0.2, 0.25) is 0 Å². The van der Waals surface area contributed by atoms with Crippen molar-refractivity contribution in [2.24, 2.45) is 0 Å². The van der Waals surface area contributed by atoms with Gasteiger partial charge in [-0.05, 0) is 36.8 Å². The summed E-state index contributed by atoms with van der Waals surface area (Å²) >= 11 is 0. The van der Waals surface area contributed by atoms with Gasteiger partial charge in [0, 0.05) is 18.0 Å². The van der Waals surface area contributed by atoms with Gasteiger partial charge in [-0.1, -0.05) is 12.1 Å². The monoisotopic (exact) mass is 280 g/mol. The molecular weight excluding hydrogens is 264 g/mol. The van der Waals surface area contributed by atoms with Crippen molar-refractivity contribution in [2.45, 2.75) is 13.5 Å². The van der Waals surface area contributed by atoms with Crippen LogP contribution >= 0.6 is 0 Å². The molecule has 5 nitrogen and oxygen atoms in total. The number of aromatic nitrogens is 4. The Kier molecular flexibility index (Phi) is 3.64. The van der Waals surface area contributed by atoms with Gasteiger partial charge < -0.3 is 4.74 Å². The van der Waals surface area contributed by atoms with Gasteiger partial charge in [-0.3, -0.25) is 4.98 Å². The topological polar surface area (TPSA) is 52.8 Å². The Balaban J connectivity index is 1.96. The molecule has 0 saturated heterocycles. The second-order valence-electron chi connectivity index (χ2n) is 4.73. The number of nitrogens with zero attached hydrogens (tertiary/aromatic N) is 4. The Morgan fingerprint density at radius 3 is 2.71 bits per heavy atom. The van der Waals surface area contributed by atoms with E-state index in [0.29, 0.717) is 6.54 Å². The van der Waals surface area contributed by atoms with E-state index >= 15 is 0 Å². The highest BCUT2D eigenvalue weighted by molar-refractivity contribution is 5.54. The van der Waals surface area contributed by atoms with Crippen LogP contribution < -0.4 is 4.74 Å². The lowest BCUT2D eigenvalue weighted by Gasteiger charge is -2.07. The molecule has 0 unspecified atom stereocenters. The largest absolute Gasteiger partial charge is 0.497 e. The SMILES string of the molecule is COc1cccc(Cn2nc(C)nc2-c2ccncc2)c1. The summed E-state index contributed by atoms with van der Waals surface area (Å²) in [5.41, 5.74) is 2.13. The Morgan fingerprint density at radius 2 is 1.95 bits per heavy atom. The first-order valence-corrected chi connectivity index (χ1v) is 6.71. The fourth-order valence-electron chi connectivity index (χ4n) is 2.22. The molecule has 2 heterocycles. The summed E-state index contributed by atoms with van der Waals surface area (Å²) in [5.74, 6) is 2.44. The minimum absolute atomic E-state index is 0.649. The summed E-state index contributed by atoms with van der Waals surface area (Å²) in [6.07, 6.45) is 3.52. The minimum atomic E-state index is 0.649. The van der Waals surface area contributed by atoms with Crippen molar-refractivity contribution in [1.82, 2.24) is 19.7 Å². The number of hydrogen-bond donors (Lipinski definition) is 0. The number of rotatable bonds is 4. The van der Waals surface area contributed by atoms with Gasteiger partial charge in [0.2, 0.25) is 0 Å². The van der Waals surface area contributed by atoms with Crippen molar-refractivity contribution in [3.63, 3.8) is 0 Å². The lowest BCUT2D eigenvalue weighted by atomic mass is 10.2. The predicted octanol–water partition coefficient (Wildman–Crippen LogP) is 2.71. The Morgan fingerprint density at radius 1 is 1.14 bits per heavy atom. The lowest BCUT2D eigenvalue weighted by molar-refractivity contribution is 0.414. The number of methoxy groups -OCH3 is 1. The van der Waals surface area contributed by atoms with Crippen molar-refractivity contribution in [2.75, 3.05) is 7.11 Å². The molecule has 3 aromatic rings. The first-order valence-electron chi connectivity index (χ1n) is 6.71. The van der Waals surface area contributed by atoms with E-state index in [4.69, 9.17) is 4.74 Å². The lowest BCUT2D eigenvalue weighted by Crippen LogP contribution is -2.04. The van der Waals surface area contributed by atoms with Crippen LogP contribution in [-0.4, -0.2) is 26.9 Å². The maximum absolute atomic E-state index is 5.26. The molecule has 0 amide bonds. The Hall–Kier alpha value is -2.69. The van der Waals surface area contributed by atoms with E-state index in [9.17, 15) is 0 Å². The summed E-state index contributed by atoms with van der Waals surface area (Å²) in [6, 6.07) is 11.8. The maximum Gasteiger partial charge on any atom is 0.158 e. The highest BCUT2D eigenvalue weighted by atomic mass is 16.5. The molecular formula is C16H16N4O. The van der Waals surface area contributed by atoms with Crippen LogP contribution in [0.15, 0.2) is 48.8 Å². The minimum Gasteiger partial charge on any atom is -0.497 e. The van der Waals surface area contributed by atoms with Gasteiger partial charge in [0.1, 0.15) is 11.6 Å². The molecule has 0 aliphatic rings. The molecule has 21 heavy (non-hydrogen) atoms. The molecule has 0 aliphatic heterocycles. The molecule has 2 aromatic heterocycles. The quantitative estimate of drug-likeness (QED) is 0.737. The number of benzene rings is 1. The summed E-state index contributed by atoms with van der Waals surface area (Å²) in [5, 5.41) is 4.48. The molecule has 106 valence electrons. The third-order valence-corrected chi connectivity index (χ3v) is 3.18. The third-order valence-electron chi connectivity index (χ3n) is 3.18. The first kappa shape index (κ1) is 13.3. The van der Waals surface area contributed by atoms with Crippen LogP contribution in [0, 0.1) is 6.92 Å². The second kappa shape index (κ2) is 5.75. The van der Waals surface area contributed by atoms with E-state index in [0.717, 1.165) is 28.5 Å². The normalized spacial score (nSPS) is 10.6. The molecule has 3 rings (SSSR count). The number of pyridine rings is 1. The van der Waals surface area contributed by atoms with Gasteiger partial charge in [0.05, 0.1) is 13.7 Å². The predicted molar refractivity (Wildman–Crippen MR) is 80.1 cm³/mol. The summed E-state index contributed by atoms with van der Waals surface area (Å²) < 4.78 is 7.16. The zero-order valence-electron chi connectivity index (χ0n) is 12.0. The van der Waals surface area contributed by atoms with Crippen LogP contribution in [0.3, 0.4) is 0 Å². The van der Waals surface area contributed by atoms with Gasteiger partial charge >= 0.3 is 0 Å². The fourth-order valence-corrected chi connectivity index (χ4v) is 2.22. The van der Waals surface area contributed by atoms with Gasteiger partial charge in [0.25, 0.3) is 0 Å². The molecule has 0 fully saturated rings. The maximum atomic E-state index is 5.26. The van der Waals surface area contributed by atoms with Crippen molar-refractivity contribution >= 4 is 0 Å². The molecule has 1 aromatic carbocycles. The van der Waals surface area contributed by atoms with Crippen LogP contribution in [0.1, 0.15) is 11.4 Å². The Bertz CT molecular complexity index is 737. The standard InChI is InChI=1S/C16H16N4O/c1-12-18-16(14-6-8-17-9-7-14)20(19-12)11-13-4-3-5-15(10-13)21-2/h3-10H,11H2,1-2H3. The smallest absolute Gasteiger partial charge is 0.158 e. The molecule has 0 spiro atoms. The van der Waals surface area contributed by atoms with Gasteiger partial charge in [-0.15, -0.1) is 0 Å². The number of aryl methyl sites for hydroxylation is 1. The van der Waals surface area contributed by atoms with E-state index in [-0.39, 0.29) is 0 Å². The summed E-state index contributed by atoms with van der Waals surface area (Å²) in [7, 11) is 1.67. The van der Waals surface area contributed by atoms with E-state index in [1.165, 1.54) is 0 Å². The zero-order valence-corrected chi connectivity index (χ0v) is 12.0. The zero-order chi connectivity index (χ0) is 14.7. The number of hydrogen-bond acceptors (Lipinski definition) is 4. The van der Waals surface area contributed by atoms with Crippen LogP contribution in [0.25, 0.3) is 11.4 Å². The molecule has 5 heteroatoms. The van der Waals surface area contributed by atoms with Crippen LogP contribution in [0.4, 0.5) is 0 Å². The average molecular weight is 280 g/mol. The summed E-state index contributed by atoms with van der Waals surface area (Å²) in [4.78, 5) is 8.55. The highest BCUT2D eigenvalue weighted by Gasteiger charge is 2.10. The van der Waals surface area contributed by atoms with Gasteiger partial charge in [-0.25, -0.2) is 9.67 Å². The first-order chi connectivity index (χ1) is 10.3. The van der Waals surface area contributed by atoms with Crippen LogP contribution in [0.5, 0.6) is 5.75 Å². The van der Waals surface area contributed by atoms with Gasteiger partial charge in [0.15, 0.2) is 5.82 Å². The fraction of sp³-hybridized carbons (Fsp3) is 0.188. The molecule has 0 bridgehead atoms. The average Bonchev–Trinajstić information content (AvgIpc) is 2.89. The van der Waals surface area contributed by atoms with E-state index in [1.807, 2.05) is 41.9 Å². The second-order valence-corrected chi connectivity index (χ2v) is 4.73. The van der Waals surface area contributed by atoms with Crippen molar-refractivity contribution < 1.29 is 4.74 Å². The molecule has 0 N–H and O–H groups in total. The van der Waals surface area contributed by atoms with E-state index in [1.54, 1.807) is 19.5 Å². The van der Waals surface area contributed by atoms with Crippen molar-refractivity contribution in [3.8, 4) is 17.1 Å².